The Bertz CT molecular complexity index is 1260. The fourth-order valence-electron chi connectivity index (χ4n) is 2.62. The number of fused-ring (bicyclic) bond motifs is 1. The number of nitrogens with one attached hydrogen (secondary N) is 2. The highest BCUT2D eigenvalue weighted by Crippen LogP contribution is 2.27. The molecule has 0 fully saturated rings. The highest BCUT2D eigenvalue weighted by molar-refractivity contribution is 6.35. The summed E-state index contributed by atoms with van der Waals surface area (Å²) < 4.78 is 8.65. The third kappa shape index (κ3) is 4.31. The molecular formula is C17H16Cl2N6O5. The van der Waals surface area contributed by atoms with Gasteiger partial charge in [-0.3, -0.25) is 34.4 Å². The molecular weight excluding hydrogens is 439 g/mol. The number of carbonyl (C=O) groups excluding carboxylic acids is 2. The van der Waals surface area contributed by atoms with Crippen molar-refractivity contribution in [3.05, 3.63) is 55.4 Å². The van der Waals surface area contributed by atoms with Gasteiger partial charge >= 0.3 is 5.69 Å². The van der Waals surface area contributed by atoms with Crippen LogP contribution in [0, 0.1) is 0 Å². The number of imidazole rings is 1. The van der Waals surface area contributed by atoms with Crippen LogP contribution in [0.1, 0.15) is 0 Å². The quantitative estimate of drug-likeness (QED) is 0.520. The molecule has 0 aliphatic rings. The Morgan fingerprint density at radius 1 is 1.10 bits per heavy atom. The van der Waals surface area contributed by atoms with Crippen LogP contribution in [0.2, 0.25) is 10.0 Å². The number of carbonyl (C=O) groups is 2. The summed E-state index contributed by atoms with van der Waals surface area (Å²) in [4.78, 5) is 52.3. The minimum atomic E-state index is -0.636. The van der Waals surface area contributed by atoms with Crippen molar-refractivity contribution in [1.29, 1.82) is 0 Å². The van der Waals surface area contributed by atoms with Gasteiger partial charge in [0.1, 0.15) is 12.3 Å². The number of hydrogen-bond acceptors (Lipinski definition) is 6. The molecule has 0 saturated carbocycles. The van der Waals surface area contributed by atoms with E-state index in [0.29, 0.717) is 5.02 Å². The van der Waals surface area contributed by atoms with Gasteiger partial charge in [0.15, 0.2) is 17.8 Å². The molecule has 2 N–H and O–H groups in total. The van der Waals surface area contributed by atoms with E-state index in [2.05, 4.69) is 15.8 Å². The smallest absolute Gasteiger partial charge is 0.332 e. The van der Waals surface area contributed by atoms with E-state index >= 15 is 0 Å². The van der Waals surface area contributed by atoms with Crippen LogP contribution >= 0.6 is 23.2 Å². The van der Waals surface area contributed by atoms with Gasteiger partial charge in [-0.1, -0.05) is 23.2 Å². The van der Waals surface area contributed by atoms with Crippen LogP contribution in [0.5, 0.6) is 5.75 Å². The fraction of sp³-hybridized carbons (Fsp3) is 0.235. The fourth-order valence-corrected chi connectivity index (χ4v) is 3.09. The second kappa shape index (κ2) is 8.59. The lowest BCUT2D eigenvalue weighted by atomic mass is 10.3. The monoisotopic (exact) mass is 454 g/mol. The maximum Gasteiger partial charge on any atom is 0.332 e. The maximum atomic E-state index is 12.4. The van der Waals surface area contributed by atoms with Crippen molar-refractivity contribution >= 4 is 46.2 Å². The van der Waals surface area contributed by atoms with E-state index in [0.717, 1.165) is 4.57 Å². The van der Waals surface area contributed by atoms with Gasteiger partial charge in [-0.25, -0.2) is 9.78 Å². The molecule has 3 rings (SSSR count). The molecule has 2 heterocycles. The zero-order chi connectivity index (χ0) is 22.0. The predicted octanol–water partition coefficient (Wildman–Crippen LogP) is -0.0331. The summed E-state index contributed by atoms with van der Waals surface area (Å²) in [5.74, 6) is -1.000. The molecule has 0 unspecified atom stereocenters. The number of aryl methyl sites for hydroxylation is 1. The Hall–Kier alpha value is -3.31. The van der Waals surface area contributed by atoms with Gasteiger partial charge in [0, 0.05) is 19.1 Å². The van der Waals surface area contributed by atoms with Crippen LogP contribution in [-0.4, -0.2) is 37.1 Å². The largest absolute Gasteiger partial charge is 0.482 e. The maximum absolute atomic E-state index is 12.4. The number of hydrogen-bond donors (Lipinski definition) is 2. The average molecular weight is 455 g/mol. The molecule has 3 aromatic rings. The zero-order valence-corrected chi connectivity index (χ0v) is 17.3. The minimum Gasteiger partial charge on any atom is -0.482 e. The second-order valence-corrected chi connectivity index (χ2v) is 7.05. The normalized spacial score (nSPS) is 10.8. The van der Waals surface area contributed by atoms with E-state index in [1.807, 2.05) is 0 Å². The first-order chi connectivity index (χ1) is 14.2. The lowest BCUT2D eigenvalue weighted by Gasteiger charge is -2.10. The number of rotatable bonds is 5. The van der Waals surface area contributed by atoms with E-state index < -0.39 is 29.7 Å². The van der Waals surface area contributed by atoms with Crippen LogP contribution in [0.15, 0.2) is 34.1 Å². The third-order valence-corrected chi connectivity index (χ3v) is 4.66. The highest BCUT2D eigenvalue weighted by Gasteiger charge is 2.16. The topological polar surface area (TPSA) is 129 Å². The summed E-state index contributed by atoms with van der Waals surface area (Å²) >= 11 is 11.7. The SMILES string of the molecule is Cn1c(=O)c2c(ncn2CC(=O)NNC(=O)COc2ccc(Cl)cc2Cl)n(C)c1=O. The Labute approximate surface area is 178 Å². The van der Waals surface area contributed by atoms with Crippen molar-refractivity contribution < 1.29 is 14.3 Å². The number of amides is 2. The van der Waals surface area contributed by atoms with E-state index in [9.17, 15) is 19.2 Å². The zero-order valence-electron chi connectivity index (χ0n) is 15.8. The minimum absolute atomic E-state index is 0.0850. The molecule has 0 aliphatic heterocycles. The molecule has 0 aliphatic carbocycles. The summed E-state index contributed by atoms with van der Waals surface area (Å²) in [5.41, 5.74) is 3.50. The van der Waals surface area contributed by atoms with Crippen LogP contribution < -0.4 is 26.8 Å². The lowest BCUT2D eigenvalue weighted by molar-refractivity contribution is -0.130. The van der Waals surface area contributed by atoms with Crippen molar-refractivity contribution in [3.8, 4) is 5.75 Å². The molecule has 11 nitrogen and oxygen atoms in total. The molecule has 0 bridgehead atoms. The van der Waals surface area contributed by atoms with E-state index in [1.165, 1.54) is 41.7 Å². The Morgan fingerprint density at radius 3 is 2.50 bits per heavy atom. The molecule has 2 aromatic heterocycles. The number of halogens is 2. The highest BCUT2D eigenvalue weighted by atomic mass is 35.5. The number of hydrazine groups is 1. The molecule has 2 amide bonds. The van der Waals surface area contributed by atoms with Gasteiger partial charge in [-0.15, -0.1) is 0 Å². The van der Waals surface area contributed by atoms with Gasteiger partial charge in [0.05, 0.1) is 11.3 Å². The second-order valence-electron chi connectivity index (χ2n) is 6.21. The summed E-state index contributed by atoms with van der Waals surface area (Å²) in [5, 5.41) is 0.660. The molecule has 0 atom stereocenters. The van der Waals surface area contributed by atoms with Crippen LogP contribution in [0.4, 0.5) is 0 Å². The first kappa shape index (κ1) is 21.4. The van der Waals surface area contributed by atoms with E-state index in [-0.39, 0.29) is 28.5 Å². The van der Waals surface area contributed by atoms with Crippen molar-refractivity contribution in [1.82, 2.24) is 29.5 Å². The van der Waals surface area contributed by atoms with Crippen molar-refractivity contribution in [2.45, 2.75) is 6.54 Å². The van der Waals surface area contributed by atoms with Gasteiger partial charge in [0.25, 0.3) is 17.4 Å². The van der Waals surface area contributed by atoms with E-state index in [1.54, 1.807) is 6.07 Å². The molecule has 0 saturated heterocycles. The van der Waals surface area contributed by atoms with Crippen LogP contribution in [0.3, 0.4) is 0 Å². The lowest BCUT2D eigenvalue weighted by Crippen LogP contribution is -2.45. The standard InChI is InChI=1S/C17H16Cl2N6O5/c1-23-15-14(16(28)24(2)17(23)29)25(8-20-15)6-12(26)21-22-13(27)7-30-11-4-3-9(18)5-10(11)19/h3-5,8H,6-7H2,1-2H3,(H,21,26)(H,22,27). The van der Waals surface area contributed by atoms with Gasteiger partial charge in [-0.05, 0) is 18.2 Å². The molecule has 30 heavy (non-hydrogen) atoms. The summed E-state index contributed by atoms with van der Waals surface area (Å²) in [6.07, 6.45) is 1.26. The van der Waals surface area contributed by atoms with Gasteiger partial charge in [0.2, 0.25) is 0 Å². The summed E-state index contributed by atoms with van der Waals surface area (Å²) in [6.45, 7) is -0.716. The average Bonchev–Trinajstić information content (AvgIpc) is 3.12. The third-order valence-electron chi connectivity index (χ3n) is 4.13. The van der Waals surface area contributed by atoms with Crippen molar-refractivity contribution in [2.75, 3.05) is 6.61 Å². The summed E-state index contributed by atoms with van der Waals surface area (Å²) in [7, 11) is 2.80. The number of aromatic nitrogens is 4. The Morgan fingerprint density at radius 2 is 1.80 bits per heavy atom. The number of benzene rings is 1. The first-order valence-corrected chi connectivity index (χ1v) is 9.21. The van der Waals surface area contributed by atoms with Crippen LogP contribution in [0.25, 0.3) is 11.2 Å². The van der Waals surface area contributed by atoms with Crippen molar-refractivity contribution in [3.63, 3.8) is 0 Å². The Kier molecular flexibility index (Phi) is 6.13. The van der Waals surface area contributed by atoms with Gasteiger partial charge in [-0.2, -0.15) is 0 Å². The summed E-state index contributed by atoms with van der Waals surface area (Å²) in [6, 6.07) is 4.53. The molecule has 158 valence electrons. The molecule has 13 heteroatoms. The molecule has 0 radical (unpaired) electrons. The first-order valence-electron chi connectivity index (χ1n) is 8.45. The Balaban J connectivity index is 1.60. The van der Waals surface area contributed by atoms with E-state index in [4.69, 9.17) is 27.9 Å². The molecule has 0 spiro atoms. The predicted molar refractivity (Wildman–Crippen MR) is 108 cm³/mol. The van der Waals surface area contributed by atoms with Gasteiger partial charge < -0.3 is 9.30 Å². The number of nitrogens with zero attached hydrogens (tertiary/aromatic N) is 4. The molecule has 1 aromatic carbocycles. The van der Waals surface area contributed by atoms with Crippen LogP contribution in [-0.2, 0) is 30.2 Å². The number of ether oxygens (including phenoxy) is 1. The van der Waals surface area contributed by atoms with Crippen molar-refractivity contribution in [2.24, 2.45) is 14.1 Å².